The quantitative estimate of drug-likeness (QED) is 0.770. The van der Waals surface area contributed by atoms with E-state index in [9.17, 15) is 14.4 Å². The molecule has 9 heteroatoms. The summed E-state index contributed by atoms with van der Waals surface area (Å²) >= 11 is 0. The lowest BCUT2D eigenvalue weighted by Crippen LogP contribution is -2.34. The fourth-order valence-electron chi connectivity index (χ4n) is 2.63. The van der Waals surface area contributed by atoms with Crippen LogP contribution < -0.4 is 14.8 Å². The summed E-state index contributed by atoms with van der Waals surface area (Å²) in [6.07, 6.45) is 0.394. The number of benzene rings is 1. The normalized spacial score (nSPS) is 16.3. The van der Waals surface area contributed by atoms with Gasteiger partial charge in [0.05, 0.1) is 38.5 Å². The van der Waals surface area contributed by atoms with Crippen LogP contribution in [0.4, 0.5) is 10.5 Å². The molecule has 0 aliphatic carbocycles. The van der Waals surface area contributed by atoms with E-state index in [2.05, 4.69) is 10.1 Å². The van der Waals surface area contributed by atoms with Crippen LogP contribution in [0, 0.1) is 5.92 Å². The maximum atomic E-state index is 12.4. The van der Waals surface area contributed by atoms with Gasteiger partial charge in [0, 0.05) is 13.1 Å². The molecule has 1 saturated heterocycles. The predicted octanol–water partition coefficient (Wildman–Crippen LogP) is 1.43. The van der Waals surface area contributed by atoms with E-state index >= 15 is 0 Å². The van der Waals surface area contributed by atoms with Crippen molar-refractivity contribution in [3.8, 4) is 11.5 Å². The molecule has 136 valence electrons. The summed E-state index contributed by atoms with van der Waals surface area (Å²) in [6, 6.07) is 2.37. The summed E-state index contributed by atoms with van der Waals surface area (Å²) in [5.74, 6) is -1.60. The van der Waals surface area contributed by atoms with Crippen molar-refractivity contribution in [2.75, 3.05) is 39.7 Å². The number of aliphatic carboxylic acids is 1. The first-order chi connectivity index (χ1) is 11.9. The molecule has 1 aliphatic heterocycles. The number of esters is 1. The fraction of sp³-hybridized carbons (Fsp3) is 0.438. The summed E-state index contributed by atoms with van der Waals surface area (Å²) in [7, 11) is 4.05. The van der Waals surface area contributed by atoms with Gasteiger partial charge in [0.2, 0.25) is 0 Å². The van der Waals surface area contributed by atoms with Crippen LogP contribution in [0.5, 0.6) is 11.5 Å². The Bertz CT molecular complexity index is 689. The molecule has 2 rings (SSSR count). The van der Waals surface area contributed by atoms with Crippen molar-refractivity contribution in [2.45, 2.75) is 6.42 Å². The van der Waals surface area contributed by atoms with Crippen molar-refractivity contribution in [1.82, 2.24) is 4.90 Å². The van der Waals surface area contributed by atoms with Crippen molar-refractivity contribution < 1.29 is 33.7 Å². The lowest BCUT2D eigenvalue weighted by molar-refractivity contribution is -0.141. The molecule has 1 aliphatic rings. The first-order valence-electron chi connectivity index (χ1n) is 7.54. The highest BCUT2D eigenvalue weighted by Gasteiger charge is 2.31. The topological polar surface area (TPSA) is 114 Å². The molecule has 0 spiro atoms. The standard InChI is InChI=1S/C16H20N2O7/c1-23-12-7-10(15(21)25-3)6-11(13(12)24-2)17-16(22)18-5-4-9(8-18)14(19)20/h6-7,9H,4-5,8H2,1-3H3,(H,17,22)(H,19,20). The van der Waals surface area contributed by atoms with Crippen molar-refractivity contribution in [2.24, 2.45) is 5.92 Å². The Morgan fingerprint density at radius 2 is 1.92 bits per heavy atom. The Labute approximate surface area is 144 Å². The minimum absolute atomic E-state index is 0.122. The second-order valence-electron chi connectivity index (χ2n) is 5.45. The summed E-state index contributed by atoms with van der Waals surface area (Å²) < 4.78 is 15.1. The van der Waals surface area contributed by atoms with Crippen molar-refractivity contribution in [3.63, 3.8) is 0 Å². The number of nitrogens with one attached hydrogen (secondary N) is 1. The third kappa shape index (κ3) is 3.93. The molecule has 1 heterocycles. The summed E-state index contributed by atoms with van der Waals surface area (Å²) in [5, 5.41) is 11.7. The van der Waals surface area contributed by atoms with Crippen molar-refractivity contribution >= 4 is 23.7 Å². The lowest BCUT2D eigenvalue weighted by atomic mass is 10.1. The van der Waals surface area contributed by atoms with Gasteiger partial charge < -0.3 is 29.5 Å². The van der Waals surface area contributed by atoms with Crippen LogP contribution in [-0.2, 0) is 9.53 Å². The van der Waals surface area contributed by atoms with E-state index < -0.39 is 23.9 Å². The van der Waals surface area contributed by atoms with Crippen LogP contribution >= 0.6 is 0 Å². The van der Waals surface area contributed by atoms with Crippen LogP contribution in [0.3, 0.4) is 0 Å². The monoisotopic (exact) mass is 352 g/mol. The van der Waals surface area contributed by atoms with Gasteiger partial charge >= 0.3 is 18.0 Å². The van der Waals surface area contributed by atoms with Gasteiger partial charge in [-0.3, -0.25) is 4.79 Å². The average Bonchev–Trinajstić information content (AvgIpc) is 3.10. The number of nitrogens with zero attached hydrogens (tertiary/aromatic N) is 1. The van der Waals surface area contributed by atoms with E-state index in [1.807, 2.05) is 0 Å². The number of carboxylic acid groups (broad SMARTS) is 1. The fourth-order valence-corrected chi connectivity index (χ4v) is 2.63. The lowest BCUT2D eigenvalue weighted by Gasteiger charge is -2.19. The van der Waals surface area contributed by atoms with E-state index in [4.69, 9.17) is 14.6 Å². The molecule has 1 fully saturated rings. The molecule has 1 atom stereocenters. The van der Waals surface area contributed by atoms with E-state index in [-0.39, 0.29) is 29.3 Å². The predicted molar refractivity (Wildman–Crippen MR) is 87.2 cm³/mol. The van der Waals surface area contributed by atoms with Gasteiger partial charge in [-0.05, 0) is 18.6 Å². The number of hydrogen-bond acceptors (Lipinski definition) is 6. The molecule has 0 aromatic heterocycles. The van der Waals surface area contributed by atoms with Gasteiger partial charge in [-0.1, -0.05) is 0 Å². The molecule has 1 unspecified atom stereocenters. The Kier molecular flexibility index (Phi) is 5.68. The van der Waals surface area contributed by atoms with Gasteiger partial charge in [-0.25, -0.2) is 9.59 Å². The zero-order valence-corrected chi connectivity index (χ0v) is 14.2. The number of urea groups is 1. The number of likely N-dealkylation sites (tertiary alicyclic amines) is 1. The molecule has 0 saturated carbocycles. The van der Waals surface area contributed by atoms with Crippen LogP contribution in [-0.4, -0.2) is 62.4 Å². The highest BCUT2D eigenvalue weighted by Crippen LogP contribution is 2.37. The smallest absolute Gasteiger partial charge is 0.338 e. The molecular formula is C16H20N2O7. The van der Waals surface area contributed by atoms with E-state index in [1.54, 1.807) is 0 Å². The van der Waals surface area contributed by atoms with E-state index in [0.29, 0.717) is 13.0 Å². The Morgan fingerprint density at radius 1 is 1.20 bits per heavy atom. The van der Waals surface area contributed by atoms with Crippen LogP contribution in [0.25, 0.3) is 0 Å². The molecule has 1 aromatic carbocycles. The molecule has 0 bridgehead atoms. The molecular weight excluding hydrogens is 332 g/mol. The van der Waals surface area contributed by atoms with E-state index in [0.717, 1.165) is 0 Å². The molecule has 9 nitrogen and oxygen atoms in total. The summed E-state index contributed by atoms with van der Waals surface area (Å²) in [5.41, 5.74) is 0.409. The second kappa shape index (κ2) is 7.73. The highest BCUT2D eigenvalue weighted by molar-refractivity contribution is 5.97. The van der Waals surface area contributed by atoms with Crippen LogP contribution in [0.1, 0.15) is 16.8 Å². The maximum Gasteiger partial charge on any atom is 0.338 e. The third-order valence-electron chi connectivity index (χ3n) is 3.97. The highest BCUT2D eigenvalue weighted by atomic mass is 16.5. The van der Waals surface area contributed by atoms with E-state index in [1.165, 1.54) is 38.4 Å². The molecule has 0 radical (unpaired) electrons. The number of hydrogen-bond donors (Lipinski definition) is 2. The number of amides is 2. The van der Waals surface area contributed by atoms with Crippen molar-refractivity contribution in [1.29, 1.82) is 0 Å². The maximum absolute atomic E-state index is 12.4. The van der Waals surface area contributed by atoms with Crippen LogP contribution in [0.15, 0.2) is 12.1 Å². The zero-order valence-electron chi connectivity index (χ0n) is 14.2. The molecule has 2 amide bonds. The number of anilines is 1. The largest absolute Gasteiger partial charge is 0.493 e. The minimum atomic E-state index is -0.928. The Balaban J connectivity index is 2.26. The molecule has 25 heavy (non-hydrogen) atoms. The third-order valence-corrected chi connectivity index (χ3v) is 3.97. The Hall–Kier alpha value is -2.97. The SMILES string of the molecule is COC(=O)c1cc(NC(=O)N2CCC(C(=O)O)C2)c(OC)c(OC)c1. The summed E-state index contributed by atoms with van der Waals surface area (Å²) in [4.78, 5) is 36.6. The van der Waals surface area contributed by atoms with Gasteiger partial charge in [0.15, 0.2) is 11.5 Å². The van der Waals surface area contributed by atoms with Crippen molar-refractivity contribution in [3.05, 3.63) is 17.7 Å². The number of ether oxygens (including phenoxy) is 3. The number of rotatable bonds is 5. The van der Waals surface area contributed by atoms with Gasteiger partial charge in [-0.2, -0.15) is 0 Å². The first kappa shape index (κ1) is 18.4. The van der Waals surface area contributed by atoms with Gasteiger partial charge in [0.1, 0.15) is 0 Å². The van der Waals surface area contributed by atoms with Crippen LogP contribution in [0.2, 0.25) is 0 Å². The molecule has 1 aromatic rings. The van der Waals surface area contributed by atoms with Gasteiger partial charge in [-0.15, -0.1) is 0 Å². The number of carboxylic acids is 1. The second-order valence-corrected chi connectivity index (χ2v) is 5.45. The molecule has 2 N–H and O–H groups in total. The summed E-state index contributed by atoms with van der Waals surface area (Å²) in [6.45, 7) is 0.455. The minimum Gasteiger partial charge on any atom is -0.493 e. The average molecular weight is 352 g/mol. The Morgan fingerprint density at radius 3 is 2.44 bits per heavy atom. The zero-order chi connectivity index (χ0) is 18.6. The first-order valence-corrected chi connectivity index (χ1v) is 7.54. The number of carbonyl (C=O) groups is 3. The van der Waals surface area contributed by atoms with Gasteiger partial charge in [0.25, 0.3) is 0 Å². The number of carbonyl (C=O) groups excluding carboxylic acids is 2. The number of methoxy groups -OCH3 is 3.